The molecule has 0 radical (unpaired) electrons. The van der Waals surface area contributed by atoms with Crippen LogP contribution in [0.5, 0.6) is 0 Å². The molecule has 2 N–H and O–H groups in total. The van der Waals surface area contributed by atoms with Crippen molar-refractivity contribution in [2.45, 2.75) is 95.6 Å². The first-order valence-electron chi connectivity index (χ1n) is 9.76. The first kappa shape index (κ1) is 19.2. The number of carbonyl (C=O) groups is 2. The molecule has 0 atom stereocenters. The topological polar surface area (TPSA) is 75.6 Å². The van der Waals surface area contributed by atoms with Crippen LogP contribution in [0.1, 0.15) is 83.5 Å². The maximum Gasteiger partial charge on any atom is 0.303 e. The Morgan fingerprint density at radius 2 is 1.67 bits per heavy atom. The molecule has 0 saturated heterocycles. The Kier molecular flexibility index (Phi) is 8.57. The van der Waals surface area contributed by atoms with Gasteiger partial charge in [-0.15, -0.1) is 0 Å². The minimum absolute atomic E-state index is 0.111. The van der Waals surface area contributed by atoms with Crippen molar-refractivity contribution >= 4 is 11.9 Å². The average molecular weight is 339 g/mol. The molecule has 0 aromatic heterocycles. The molecule has 0 spiro atoms. The molecule has 0 heterocycles. The summed E-state index contributed by atoms with van der Waals surface area (Å²) in [6.07, 6.45) is 13.3. The molecule has 5 nitrogen and oxygen atoms in total. The molecule has 2 rings (SSSR count). The summed E-state index contributed by atoms with van der Waals surface area (Å²) in [5.74, 6) is 0.0404. The highest BCUT2D eigenvalue weighted by molar-refractivity contribution is 5.76. The largest absolute Gasteiger partial charge is 0.481 e. The maximum atomic E-state index is 12.0. The number of aliphatic carboxylic acids is 1. The minimum Gasteiger partial charge on any atom is -0.481 e. The second kappa shape index (κ2) is 10.7. The first-order valence-corrected chi connectivity index (χ1v) is 9.76. The van der Waals surface area contributed by atoms with E-state index in [0.717, 1.165) is 51.4 Å². The lowest BCUT2D eigenvalue weighted by Crippen LogP contribution is -2.38. The number of nitrogens with one attached hydrogen (secondary N) is 1. The predicted octanol–water partition coefficient (Wildman–Crippen LogP) is 3.66. The van der Waals surface area contributed by atoms with Gasteiger partial charge >= 0.3 is 5.97 Å². The molecule has 0 aromatic rings. The number of carboxylic acid groups (broad SMARTS) is 1. The van der Waals surface area contributed by atoms with E-state index in [4.69, 9.17) is 9.84 Å². The number of carbonyl (C=O) groups excluding carboxylic acids is 1. The zero-order valence-corrected chi connectivity index (χ0v) is 14.8. The van der Waals surface area contributed by atoms with E-state index in [0.29, 0.717) is 31.1 Å². The fourth-order valence-electron chi connectivity index (χ4n) is 3.99. The van der Waals surface area contributed by atoms with Gasteiger partial charge in [0, 0.05) is 18.9 Å². The van der Waals surface area contributed by atoms with Gasteiger partial charge in [-0.2, -0.15) is 0 Å². The lowest BCUT2D eigenvalue weighted by atomic mass is 9.83. The molecule has 1 amide bonds. The number of rotatable bonds is 9. The van der Waals surface area contributed by atoms with Gasteiger partial charge in [-0.25, -0.2) is 0 Å². The standard InChI is InChI=1S/C19H33NO4/c21-18(13-14-24-17-6-2-1-3-7-17)20-16-11-9-15(10-12-16)5-4-8-19(22)23/h15-17H,1-14H2,(H,20,21)(H,22,23). The third-order valence-corrected chi connectivity index (χ3v) is 5.45. The maximum absolute atomic E-state index is 12.0. The van der Waals surface area contributed by atoms with Gasteiger partial charge in [0.1, 0.15) is 0 Å². The Bertz CT molecular complexity index is 385. The summed E-state index contributed by atoms with van der Waals surface area (Å²) < 4.78 is 5.81. The van der Waals surface area contributed by atoms with Crippen molar-refractivity contribution in [2.24, 2.45) is 5.92 Å². The Labute approximate surface area is 145 Å². The van der Waals surface area contributed by atoms with Crippen molar-refractivity contribution in [3.8, 4) is 0 Å². The van der Waals surface area contributed by atoms with Gasteiger partial charge in [-0.1, -0.05) is 19.3 Å². The predicted molar refractivity (Wildman–Crippen MR) is 92.8 cm³/mol. The zero-order valence-electron chi connectivity index (χ0n) is 14.8. The van der Waals surface area contributed by atoms with E-state index in [1.54, 1.807) is 0 Å². The summed E-state index contributed by atoms with van der Waals surface area (Å²) in [5.41, 5.74) is 0. The van der Waals surface area contributed by atoms with Crippen LogP contribution in [0.4, 0.5) is 0 Å². The fourth-order valence-corrected chi connectivity index (χ4v) is 3.99. The summed E-state index contributed by atoms with van der Waals surface area (Å²) in [7, 11) is 0. The van der Waals surface area contributed by atoms with Gasteiger partial charge in [0.15, 0.2) is 0 Å². The van der Waals surface area contributed by atoms with Crippen molar-refractivity contribution in [1.82, 2.24) is 5.32 Å². The summed E-state index contributed by atoms with van der Waals surface area (Å²) in [6.45, 7) is 0.543. The van der Waals surface area contributed by atoms with Crippen molar-refractivity contribution < 1.29 is 19.4 Å². The number of carboxylic acids is 1. The highest BCUT2D eigenvalue weighted by Gasteiger charge is 2.22. The highest BCUT2D eigenvalue weighted by Crippen LogP contribution is 2.28. The second-order valence-electron chi connectivity index (χ2n) is 7.45. The Morgan fingerprint density at radius 3 is 2.33 bits per heavy atom. The van der Waals surface area contributed by atoms with Gasteiger partial charge < -0.3 is 15.2 Å². The van der Waals surface area contributed by atoms with Gasteiger partial charge in [0.2, 0.25) is 5.91 Å². The molecule has 2 saturated carbocycles. The van der Waals surface area contributed by atoms with Crippen LogP contribution >= 0.6 is 0 Å². The number of hydrogen-bond acceptors (Lipinski definition) is 3. The molecule has 138 valence electrons. The van der Waals surface area contributed by atoms with E-state index in [-0.39, 0.29) is 12.3 Å². The van der Waals surface area contributed by atoms with E-state index in [1.165, 1.54) is 19.3 Å². The van der Waals surface area contributed by atoms with Gasteiger partial charge in [-0.05, 0) is 57.3 Å². The van der Waals surface area contributed by atoms with E-state index >= 15 is 0 Å². The van der Waals surface area contributed by atoms with Gasteiger partial charge in [0.05, 0.1) is 12.7 Å². The zero-order chi connectivity index (χ0) is 17.2. The van der Waals surface area contributed by atoms with Gasteiger partial charge in [0.25, 0.3) is 0 Å². The molecule has 24 heavy (non-hydrogen) atoms. The van der Waals surface area contributed by atoms with Gasteiger partial charge in [-0.3, -0.25) is 9.59 Å². The monoisotopic (exact) mass is 339 g/mol. The van der Waals surface area contributed by atoms with Crippen molar-refractivity contribution in [2.75, 3.05) is 6.61 Å². The van der Waals surface area contributed by atoms with Crippen LogP contribution in [0.15, 0.2) is 0 Å². The molecule has 5 heteroatoms. The Hall–Kier alpha value is -1.10. The summed E-state index contributed by atoms with van der Waals surface area (Å²) >= 11 is 0. The van der Waals surface area contributed by atoms with E-state index in [1.807, 2.05) is 0 Å². The van der Waals surface area contributed by atoms with Crippen molar-refractivity contribution in [3.05, 3.63) is 0 Å². The average Bonchev–Trinajstić information content (AvgIpc) is 2.57. The molecule has 2 aliphatic rings. The van der Waals surface area contributed by atoms with Crippen molar-refractivity contribution in [3.63, 3.8) is 0 Å². The molecule has 2 fully saturated rings. The number of hydrogen-bond donors (Lipinski definition) is 2. The van der Waals surface area contributed by atoms with Crippen LogP contribution in [0, 0.1) is 5.92 Å². The summed E-state index contributed by atoms with van der Waals surface area (Å²) in [4.78, 5) is 22.6. The number of ether oxygens (including phenoxy) is 1. The third kappa shape index (κ3) is 7.65. The highest BCUT2D eigenvalue weighted by atomic mass is 16.5. The normalized spacial score (nSPS) is 25.3. The summed E-state index contributed by atoms with van der Waals surface area (Å²) in [6, 6.07) is 0.294. The molecule has 0 aliphatic heterocycles. The molecule has 0 aromatic carbocycles. The SMILES string of the molecule is O=C(O)CCCC1CCC(NC(=O)CCOC2CCCCC2)CC1. The molecular weight excluding hydrogens is 306 g/mol. The van der Waals surface area contributed by atoms with Crippen LogP contribution in [-0.2, 0) is 14.3 Å². The minimum atomic E-state index is -0.702. The van der Waals surface area contributed by atoms with Crippen LogP contribution in [-0.4, -0.2) is 35.7 Å². The van der Waals surface area contributed by atoms with Crippen LogP contribution in [0.25, 0.3) is 0 Å². The summed E-state index contributed by atoms with van der Waals surface area (Å²) in [5, 5.41) is 11.8. The van der Waals surface area contributed by atoms with Crippen LogP contribution in [0.2, 0.25) is 0 Å². The molecule has 2 aliphatic carbocycles. The first-order chi connectivity index (χ1) is 11.6. The third-order valence-electron chi connectivity index (χ3n) is 5.45. The molecule has 0 unspecified atom stereocenters. The van der Waals surface area contributed by atoms with Crippen LogP contribution < -0.4 is 5.32 Å². The Balaban J connectivity index is 1.51. The van der Waals surface area contributed by atoms with E-state index < -0.39 is 5.97 Å². The lowest BCUT2D eigenvalue weighted by Gasteiger charge is -2.29. The Morgan fingerprint density at radius 1 is 0.958 bits per heavy atom. The molecular formula is C19H33NO4. The fraction of sp³-hybridized carbons (Fsp3) is 0.895. The lowest BCUT2D eigenvalue weighted by molar-refractivity contribution is -0.137. The van der Waals surface area contributed by atoms with E-state index in [9.17, 15) is 9.59 Å². The smallest absolute Gasteiger partial charge is 0.303 e. The second-order valence-corrected chi connectivity index (χ2v) is 7.45. The van der Waals surface area contributed by atoms with E-state index in [2.05, 4.69) is 5.32 Å². The van der Waals surface area contributed by atoms with Crippen molar-refractivity contribution in [1.29, 1.82) is 0 Å². The van der Waals surface area contributed by atoms with Crippen LogP contribution in [0.3, 0.4) is 0 Å². The quantitative estimate of drug-likeness (QED) is 0.672. The number of amides is 1. The molecule has 0 bridgehead atoms.